The first-order valence-electron chi connectivity index (χ1n) is 10.9. The summed E-state index contributed by atoms with van der Waals surface area (Å²) >= 11 is 1.58. The van der Waals surface area contributed by atoms with Gasteiger partial charge in [-0.15, -0.1) is 6.42 Å². The van der Waals surface area contributed by atoms with Crippen LogP contribution in [-0.2, 0) is 9.59 Å². The van der Waals surface area contributed by atoms with Gasteiger partial charge in [-0.3, -0.25) is 19.5 Å². The van der Waals surface area contributed by atoms with Crippen molar-refractivity contribution in [1.82, 2.24) is 24.8 Å². The van der Waals surface area contributed by atoms with Crippen molar-refractivity contribution >= 4 is 34.5 Å². The standard InChI is InChI=1S/C24H31N5O2S/c1-4-12-25-22(30)16-27-23(31)17-29(32-3)20-10-14-28(15-11-20)18(2)24-21-8-6-5-7-19(21)9-13-26-24/h1,5-9,13,18,20H,10-12,14-17H2,2-3H3,(H,25,30)(H,27,31). The number of nitrogens with zero attached hydrogens (tertiary/aromatic N) is 3. The highest BCUT2D eigenvalue weighted by Crippen LogP contribution is 2.30. The first kappa shape index (κ1) is 24.1. The molecule has 32 heavy (non-hydrogen) atoms. The fourth-order valence-corrected chi connectivity index (χ4v) is 4.90. The molecule has 7 nitrogen and oxygen atoms in total. The predicted octanol–water partition coefficient (Wildman–Crippen LogP) is 2.21. The van der Waals surface area contributed by atoms with Crippen LogP contribution < -0.4 is 10.6 Å². The third-order valence-electron chi connectivity index (χ3n) is 5.92. The Bertz CT molecular complexity index is 963. The quantitative estimate of drug-likeness (QED) is 0.448. The summed E-state index contributed by atoms with van der Waals surface area (Å²) in [6.07, 6.45) is 11.0. The van der Waals surface area contributed by atoms with Gasteiger partial charge in [0.05, 0.1) is 25.3 Å². The van der Waals surface area contributed by atoms with Gasteiger partial charge in [-0.25, -0.2) is 4.31 Å². The molecule has 1 fully saturated rings. The number of hydrogen-bond donors (Lipinski definition) is 2. The molecule has 8 heteroatoms. The molecule has 1 aliphatic heterocycles. The van der Waals surface area contributed by atoms with Gasteiger partial charge in [0.25, 0.3) is 0 Å². The number of piperidine rings is 1. The second kappa shape index (κ2) is 11.9. The van der Waals surface area contributed by atoms with E-state index in [1.54, 1.807) is 11.9 Å². The number of pyridine rings is 1. The van der Waals surface area contributed by atoms with Crippen molar-refractivity contribution in [3.05, 3.63) is 42.2 Å². The van der Waals surface area contributed by atoms with Crippen molar-refractivity contribution in [2.45, 2.75) is 31.8 Å². The van der Waals surface area contributed by atoms with Crippen molar-refractivity contribution < 1.29 is 9.59 Å². The van der Waals surface area contributed by atoms with E-state index in [9.17, 15) is 9.59 Å². The average Bonchev–Trinajstić information content (AvgIpc) is 2.84. The fourth-order valence-electron chi connectivity index (χ4n) is 4.14. The largest absolute Gasteiger partial charge is 0.346 e. The number of terminal acetylenes is 1. The van der Waals surface area contributed by atoms with Gasteiger partial charge in [-0.1, -0.05) is 42.1 Å². The Morgan fingerprint density at radius 1 is 1.25 bits per heavy atom. The molecule has 0 spiro atoms. The number of nitrogens with one attached hydrogen (secondary N) is 2. The molecular weight excluding hydrogens is 422 g/mol. The third kappa shape index (κ3) is 6.22. The first-order chi connectivity index (χ1) is 15.5. The number of rotatable bonds is 9. The van der Waals surface area contributed by atoms with E-state index < -0.39 is 0 Å². The molecular formula is C24H31N5O2S. The highest BCUT2D eigenvalue weighted by molar-refractivity contribution is 7.96. The zero-order chi connectivity index (χ0) is 22.9. The van der Waals surface area contributed by atoms with Gasteiger partial charge in [-0.2, -0.15) is 0 Å². The maximum absolute atomic E-state index is 12.3. The number of hydrogen-bond acceptors (Lipinski definition) is 6. The maximum Gasteiger partial charge on any atom is 0.240 e. The van der Waals surface area contributed by atoms with Crippen LogP contribution >= 0.6 is 11.9 Å². The maximum atomic E-state index is 12.3. The van der Waals surface area contributed by atoms with E-state index >= 15 is 0 Å². The van der Waals surface area contributed by atoms with Crippen molar-refractivity contribution in [2.24, 2.45) is 0 Å². The van der Waals surface area contributed by atoms with E-state index in [0.717, 1.165) is 31.6 Å². The fraction of sp³-hybridized carbons (Fsp3) is 0.458. The van der Waals surface area contributed by atoms with Crippen LogP contribution in [0.3, 0.4) is 0 Å². The first-order valence-corrected chi connectivity index (χ1v) is 12.1. The second-order valence-electron chi connectivity index (χ2n) is 7.88. The van der Waals surface area contributed by atoms with E-state index in [1.807, 2.05) is 12.5 Å². The normalized spacial score (nSPS) is 15.9. The number of carbonyl (C=O) groups excluding carboxylic acids is 2. The molecule has 170 valence electrons. The van der Waals surface area contributed by atoms with E-state index in [2.05, 4.69) is 63.0 Å². The van der Waals surface area contributed by atoms with Gasteiger partial charge < -0.3 is 10.6 Å². The second-order valence-corrected chi connectivity index (χ2v) is 8.71. The zero-order valence-electron chi connectivity index (χ0n) is 18.7. The molecule has 0 radical (unpaired) electrons. The van der Waals surface area contributed by atoms with Gasteiger partial charge in [0.1, 0.15) is 0 Å². The van der Waals surface area contributed by atoms with Gasteiger partial charge in [0, 0.05) is 36.8 Å². The lowest BCUT2D eigenvalue weighted by atomic mass is 10.00. The molecule has 2 aromatic rings. The molecule has 1 unspecified atom stereocenters. The minimum Gasteiger partial charge on any atom is -0.346 e. The highest BCUT2D eigenvalue weighted by Gasteiger charge is 2.29. The van der Waals surface area contributed by atoms with E-state index in [0.29, 0.717) is 6.04 Å². The Labute approximate surface area is 194 Å². The lowest BCUT2D eigenvalue weighted by Crippen LogP contribution is -2.47. The number of benzene rings is 1. The highest BCUT2D eigenvalue weighted by atomic mass is 32.2. The van der Waals surface area contributed by atoms with Crippen molar-refractivity contribution in [2.75, 3.05) is 39.0 Å². The Hall–Kier alpha value is -2.60. The summed E-state index contributed by atoms with van der Waals surface area (Å²) in [5.74, 6) is 1.89. The van der Waals surface area contributed by atoms with Crippen LogP contribution in [-0.4, -0.2) is 71.0 Å². The molecule has 3 rings (SSSR count). The molecule has 1 aromatic heterocycles. The number of aromatic nitrogens is 1. The van der Waals surface area contributed by atoms with E-state index in [1.165, 1.54) is 10.8 Å². The van der Waals surface area contributed by atoms with Crippen LogP contribution in [0.2, 0.25) is 0 Å². The Balaban J connectivity index is 1.52. The van der Waals surface area contributed by atoms with Gasteiger partial charge in [0.15, 0.2) is 0 Å². The minimum atomic E-state index is -0.281. The van der Waals surface area contributed by atoms with Gasteiger partial charge in [-0.05, 0) is 37.5 Å². The van der Waals surface area contributed by atoms with Gasteiger partial charge in [0.2, 0.25) is 11.8 Å². The summed E-state index contributed by atoms with van der Waals surface area (Å²) in [5.41, 5.74) is 1.12. The zero-order valence-corrected chi connectivity index (χ0v) is 19.5. The van der Waals surface area contributed by atoms with Gasteiger partial charge >= 0.3 is 0 Å². The molecule has 1 aliphatic rings. The SMILES string of the molecule is C#CCNC(=O)CNC(=O)CN(SC)C1CCN(C(C)c2nccc3ccccc23)CC1. The van der Waals surface area contributed by atoms with Crippen LogP contribution in [0.25, 0.3) is 10.8 Å². The van der Waals surface area contributed by atoms with Crippen LogP contribution in [0.4, 0.5) is 0 Å². The third-order valence-corrected chi connectivity index (χ3v) is 6.82. The van der Waals surface area contributed by atoms with Crippen molar-refractivity contribution in [3.8, 4) is 12.3 Å². The average molecular weight is 454 g/mol. The van der Waals surface area contributed by atoms with Crippen LogP contribution in [0.1, 0.15) is 31.5 Å². The molecule has 0 bridgehead atoms. The number of likely N-dealkylation sites (tertiary alicyclic amines) is 1. The molecule has 2 amide bonds. The Kier molecular flexibility index (Phi) is 8.91. The Morgan fingerprint density at radius 2 is 2.00 bits per heavy atom. The number of amides is 2. The summed E-state index contributed by atoms with van der Waals surface area (Å²) in [6, 6.07) is 11.0. The molecule has 0 aliphatic carbocycles. The molecule has 1 aromatic carbocycles. The topological polar surface area (TPSA) is 77.6 Å². The van der Waals surface area contributed by atoms with Crippen LogP contribution in [0.15, 0.2) is 36.5 Å². The predicted molar refractivity (Wildman–Crippen MR) is 130 cm³/mol. The summed E-state index contributed by atoms with van der Waals surface area (Å²) in [4.78, 5) is 31.1. The molecule has 0 saturated carbocycles. The lowest BCUT2D eigenvalue weighted by Gasteiger charge is -2.39. The minimum absolute atomic E-state index is 0.0588. The van der Waals surface area contributed by atoms with Crippen molar-refractivity contribution in [1.29, 1.82) is 0 Å². The lowest BCUT2D eigenvalue weighted by molar-refractivity contribution is -0.126. The number of fused-ring (bicyclic) bond motifs is 1. The van der Waals surface area contributed by atoms with Crippen LogP contribution in [0, 0.1) is 12.3 Å². The monoisotopic (exact) mass is 453 g/mol. The molecule has 2 N–H and O–H groups in total. The summed E-state index contributed by atoms with van der Waals surface area (Å²) in [6.45, 7) is 4.48. The van der Waals surface area contributed by atoms with Crippen molar-refractivity contribution in [3.63, 3.8) is 0 Å². The number of carbonyl (C=O) groups is 2. The summed E-state index contributed by atoms with van der Waals surface area (Å²) < 4.78 is 2.12. The Morgan fingerprint density at radius 3 is 2.72 bits per heavy atom. The van der Waals surface area contributed by atoms with Crippen LogP contribution in [0.5, 0.6) is 0 Å². The van der Waals surface area contributed by atoms with E-state index in [-0.39, 0.29) is 37.5 Å². The summed E-state index contributed by atoms with van der Waals surface area (Å²) in [7, 11) is 0. The summed E-state index contributed by atoms with van der Waals surface area (Å²) in [5, 5.41) is 7.63. The molecule has 2 heterocycles. The molecule has 1 atom stereocenters. The smallest absolute Gasteiger partial charge is 0.240 e. The molecule has 1 saturated heterocycles. The van der Waals surface area contributed by atoms with E-state index in [4.69, 9.17) is 11.4 Å².